The first-order valence-electron chi connectivity index (χ1n) is 11.7. The first-order chi connectivity index (χ1) is 14.8. The third-order valence-electron chi connectivity index (χ3n) is 7.99. The topological polar surface area (TPSA) is 69.7 Å². The molecular formula is C25H35N3O3. The minimum absolute atomic E-state index is 0.0346. The Kier molecular flexibility index (Phi) is 5.84. The molecule has 2 atom stereocenters. The summed E-state index contributed by atoms with van der Waals surface area (Å²) in [6.07, 6.45) is 3.65. The third kappa shape index (κ3) is 3.85. The highest BCUT2D eigenvalue weighted by Gasteiger charge is 2.64. The van der Waals surface area contributed by atoms with Gasteiger partial charge in [0.05, 0.1) is 5.41 Å². The summed E-state index contributed by atoms with van der Waals surface area (Å²) in [5.41, 5.74) is 0.287. The third-order valence-corrected chi connectivity index (χ3v) is 7.99. The second kappa shape index (κ2) is 8.29. The molecule has 0 radical (unpaired) electrons. The quantitative estimate of drug-likeness (QED) is 0.806. The Labute approximate surface area is 185 Å². The summed E-state index contributed by atoms with van der Waals surface area (Å²) in [6.45, 7) is 9.10. The highest BCUT2D eigenvalue weighted by Crippen LogP contribution is 2.62. The normalized spacial score (nSPS) is 26.9. The fourth-order valence-electron chi connectivity index (χ4n) is 6.16. The van der Waals surface area contributed by atoms with Crippen molar-refractivity contribution >= 4 is 17.7 Å². The lowest BCUT2D eigenvalue weighted by Crippen LogP contribution is -2.50. The van der Waals surface area contributed by atoms with Crippen molar-refractivity contribution in [1.29, 1.82) is 0 Å². The van der Waals surface area contributed by atoms with E-state index in [1.165, 1.54) is 0 Å². The smallest absolute Gasteiger partial charge is 0.253 e. The zero-order valence-electron chi connectivity index (χ0n) is 19.0. The summed E-state index contributed by atoms with van der Waals surface area (Å²) >= 11 is 0. The molecule has 0 bridgehead atoms. The number of hydrogen-bond donors (Lipinski definition) is 1. The van der Waals surface area contributed by atoms with Crippen molar-refractivity contribution in [1.82, 2.24) is 15.1 Å². The summed E-state index contributed by atoms with van der Waals surface area (Å²) < 4.78 is 0. The van der Waals surface area contributed by atoms with Crippen LogP contribution in [0.2, 0.25) is 0 Å². The first kappa shape index (κ1) is 21.8. The molecule has 3 amide bonds. The largest absolute Gasteiger partial charge is 0.355 e. The molecule has 0 aromatic heterocycles. The number of likely N-dealkylation sites (tertiary alicyclic amines) is 2. The van der Waals surface area contributed by atoms with Gasteiger partial charge in [0.2, 0.25) is 11.8 Å². The van der Waals surface area contributed by atoms with E-state index in [1.807, 2.05) is 40.1 Å². The van der Waals surface area contributed by atoms with Crippen LogP contribution in [0.5, 0.6) is 0 Å². The van der Waals surface area contributed by atoms with Gasteiger partial charge in [0, 0.05) is 45.2 Å². The zero-order chi connectivity index (χ0) is 22.2. The van der Waals surface area contributed by atoms with Crippen LogP contribution >= 0.6 is 0 Å². The summed E-state index contributed by atoms with van der Waals surface area (Å²) in [7, 11) is 0. The summed E-state index contributed by atoms with van der Waals surface area (Å²) in [4.78, 5) is 42.3. The van der Waals surface area contributed by atoms with Gasteiger partial charge < -0.3 is 15.1 Å². The molecule has 1 spiro atoms. The molecule has 1 aromatic rings. The van der Waals surface area contributed by atoms with Crippen LogP contribution in [0.4, 0.5) is 0 Å². The van der Waals surface area contributed by atoms with Crippen LogP contribution in [0.1, 0.15) is 56.8 Å². The minimum atomic E-state index is -0.480. The van der Waals surface area contributed by atoms with E-state index in [4.69, 9.17) is 0 Å². The van der Waals surface area contributed by atoms with E-state index >= 15 is 0 Å². The van der Waals surface area contributed by atoms with Gasteiger partial charge in [0.25, 0.3) is 5.91 Å². The highest BCUT2D eigenvalue weighted by molar-refractivity contribution is 5.94. The van der Waals surface area contributed by atoms with Crippen LogP contribution in [0.3, 0.4) is 0 Å². The lowest BCUT2D eigenvalue weighted by molar-refractivity contribution is -0.133. The Morgan fingerprint density at radius 2 is 1.71 bits per heavy atom. The number of fused-ring (bicyclic) bond motifs is 2. The predicted molar refractivity (Wildman–Crippen MR) is 119 cm³/mol. The number of carbonyl (C=O) groups is 3. The van der Waals surface area contributed by atoms with E-state index in [9.17, 15) is 14.4 Å². The van der Waals surface area contributed by atoms with Crippen LogP contribution in [0.15, 0.2) is 30.3 Å². The molecule has 6 heteroatoms. The number of nitrogens with one attached hydrogen (secondary N) is 1. The molecule has 0 unspecified atom stereocenters. The molecular weight excluding hydrogens is 390 g/mol. The fourth-order valence-corrected chi connectivity index (χ4v) is 6.16. The number of amides is 3. The maximum absolute atomic E-state index is 13.4. The van der Waals surface area contributed by atoms with Gasteiger partial charge in [-0.15, -0.1) is 0 Å². The van der Waals surface area contributed by atoms with Gasteiger partial charge in [-0.05, 0) is 55.1 Å². The summed E-state index contributed by atoms with van der Waals surface area (Å²) in [5, 5.41) is 3.17. The number of carbonyl (C=O) groups excluding carboxylic acids is 3. The van der Waals surface area contributed by atoms with Crippen LogP contribution in [0.25, 0.3) is 0 Å². The van der Waals surface area contributed by atoms with Gasteiger partial charge in [-0.2, -0.15) is 0 Å². The maximum atomic E-state index is 13.4. The number of rotatable bonds is 4. The van der Waals surface area contributed by atoms with Crippen molar-refractivity contribution in [3.63, 3.8) is 0 Å². The minimum Gasteiger partial charge on any atom is -0.355 e. The molecule has 1 aromatic carbocycles. The van der Waals surface area contributed by atoms with Gasteiger partial charge >= 0.3 is 0 Å². The molecule has 2 heterocycles. The van der Waals surface area contributed by atoms with Crippen molar-refractivity contribution < 1.29 is 14.4 Å². The van der Waals surface area contributed by atoms with E-state index in [1.54, 1.807) is 6.92 Å². The number of piperidine rings is 1. The van der Waals surface area contributed by atoms with Crippen molar-refractivity contribution in [3.8, 4) is 0 Å². The van der Waals surface area contributed by atoms with E-state index in [0.29, 0.717) is 38.6 Å². The molecule has 1 N–H and O–H groups in total. The highest BCUT2D eigenvalue weighted by atomic mass is 16.2. The van der Waals surface area contributed by atoms with Gasteiger partial charge in [0.1, 0.15) is 0 Å². The van der Waals surface area contributed by atoms with E-state index in [0.717, 1.165) is 31.2 Å². The standard InChI is InChI=1S/C25H35N3O3/c1-18(2)15-26-23(31)25-10-9-24(21(25)16-28(17-25)19(3)29)11-13-27(14-12-24)22(30)20-7-5-4-6-8-20/h4-8,18,21H,9-17H2,1-3H3,(H,26,31)/t21-,25+/m0/s1. The Balaban J connectivity index is 1.51. The van der Waals surface area contributed by atoms with Gasteiger partial charge in [-0.3, -0.25) is 14.4 Å². The maximum Gasteiger partial charge on any atom is 0.253 e. The van der Waals surface area contributed by atoms with Crippen molar-refractivity contribution in [2.24, 2.45) is 22.7 Å². The fraction of sp³-hybridized carbons (Fsp3) is 0.640. The first-order valence-corrected chi connectivity index (χ1v) is 11.7. The Morgan fingerprint density at radius 1 is 1.03 bits per heavy atom. The Hall–Kier alpha value is -2.37. The second-order valence-corrected chi connectivity index (χ2v) is 10.2. The van der Waals surface area contributed by atoms with Crippen molar-refractivity contribution in [3.05, 3.63) is 35.9 Å². The second-order valence-electron chi connectivity index (χ2n) is 10.2. The van der Waals surface area contributed by atoms with Crippen LogP contribution in [0, 0.1) is 22.7 Å². The predicted octanol–water partition coefficient (Wildman–Crippen LogP) is 2.94. The molecule has 3 aliphatic rings. The SMILES string of the molecule is CC(=O)N1C[C@H]2C3(CCN(C(=O)c4ccccc4)CC3)CC[C@@]2(C(=O)NCC(C)C)C1. The molecule has 1 saturated carbocycles. The van der Waals surface area contributed by atoms with E-state index in [-0.39, 0.29) is 29.1 Å². The van der Waals surface area contributed by atoms with Gasteiger partial charge in [-0.1, -0.05) is 32.0 Å². The van der Waals surface area contributed by atoms with Crippen molar-refractivity contribution in [2.75, 3.05) is 32.7 Å². The molecule has 2 aliphatic heterocycles. The van der Waals surface area contributed by atoms with Gasteiger partial charge in [-0.25, -0.2) is 0 Å². The Bertz CT molecular complexity index is 845. The molecule has 2 saturated heterocycles. The number of hydrogen-bond acceptors (Lipinski definition) is 3. The Morgan fingerprint density at radius 3 is 2.32 bits per heavy atom. The van der Waals surface area contributed by atoms with E-state index < -0.39 is 5.41 Å². The average Bonchev–Trinajstić information content (AvgIpc) is 3.30. The lowest BCUT2D eigenvalue weighted by Gasteiger charge is -2.44. The molecule has 168 valence electrons. The lowest BCUT2D eigenvalue weighted by atomic mass is 9.65. The van der Waals surface area contributed by atoms with Crippen LogP contribution in [-0.2, 0) is 9.59 Å². The molecule has 6 nitrogen and oxygen atoms in total. The molecule has 4 rings (SSSR count). The summed E-state index contributed by atoms with van der Waals surface area (Å²) in [6, 6.07) is 9.46. The molecule has 31 heavy (non-hydrogen) atoms. The zero-order valence-corrected chi connectivity index (χ0v) is 19.0. The van der Waals surface area contributed by atoms with Crippen LogP contribution in [-0.4, -0.2) is 60.2 Å². The number of nitrogens with zero attached hydrogens (tertiary/aromatic N) is 2. The average molecular weight is 426 g/mol. The monoisotopic (exact) mass is 425 g/mol. The van der Waals surface area contributed by atoms with Crippen molar-refractivity contribution in [2.45, 2.75) is 46.5 Å². The van der Waals surface area contributed by atoms with E-state index in [2.05, 4.69) is 19.2 Å². The molecule has 1 aliphatic carbocycles. The van der Waals surface area contributed by atoms with Gasteiger partial charge in [0.15, 0.2) is 0 Å². The van der Waals surface area contributed by atoms with Crippen LogP contribution < -0.4 is 5.32 Å². The summed E-state index contributed by atoms with van der Waals surface area (Å²) in [5.74, 6) is 0.829. The molecule has 3 fully saturated rings. The number of benzene rings is 1.